The molecule has 0 aliphatic carbocycles. The van der Waals surface area contributed by atoms with Crippen LogP contribution in [0.4, 0.5) is 5.82 Å². The van der Waals surface area contributed by atoms with Gasteiger partial charge in [0.1, 0.15) is 6.54 Å². The first kappa shape index (κ1) is 21.9. The van der Waals surface area contributed by atoms with E-state index in [9.17, 15) is 19.7 Å². The second-order valence-electron chi connectivity index (χ2n) is 6.48. The second-order valence-corrected chi connectivity index (χ2v) is 6.86. The number of nitrogens with one attached hydrogen (secondary N) is 2. The van der Waals surface area contributed by atoms with Crippen LogP contribution in [0.15, 0.2) is 28.8 Å². The molecule has 0 saturated carbocycles. The lowest BCUT2D eigenvalue weighted by Gasteiger charge is -2.07. The third kappa shape index (κ3) is 5.04. The highest BCUT2D eigenvalue weighted by atomic mass is 35.5. The number of aromatic nitrogens is 4. The third-order valence-electron chi connectivity index (χ3n) is 4.33. The minimum Gasteiger partial charge on any atom is -0.358 e. The van der Waals surface area contributed by atoms with Crippen molar-refractivity contribution in [1.29, 1.82) is 0 Å². The lowest BCUT2D eigenvalue weighted by molar-refractivity contribution is -0.389. The number of benzene rings is 1. The maximum absolute atomic E-state index is 12.1. The predicted molar refractivity (Wildman–Crippen MR) is 108 cm³/mol. The van der Waals surface area contributed by atoms with E-state index in [-0.39, 0.29) is 42.3 Å². The minimum absolute atomic E-state index is 0.0668. The average molecular weight is 448 g/mol. The van der Waals surface area contributed by atoms with Gasteiger partial charge in [-0.05, 0) is 30.4 Å². The summed E-state index contributed by atoms with van der Waals surface area (Å²) in [4.78, 5) is 38.4. The van der Waals surface area contributed by atoms with E-state index in [1.165, 1.54) is 4.68 Å². The van der Waals surface area contributed by atoms with Crippen molar-refractivity contribution >= 4 is 29.2 Å². The molecule has 0 radical (unpaired) electrons. The number of nitro groups is 1. The van der Waals surface area contributed by atoms with Crippen molar-refractivity contribution in [3.8, 4) is 0 Å². The van der Waals surface area contributed by atoms with Gasteiger partial charge >= 0.3 is 17.6 Å². The van der Waals surface area contributed by atoms with Crippen molar-refractivity contribution < 1.29 is 19.0 Å². The number of nitrogens with zero attached hydrogens (tertiary/aromatic N) is 5. The van der Waals surface area contributed by atoms with Crippen LogP contribution in [0.2, 0.25) is 5.02 Å². The molecule has 3 aromatic rings. The van der Waals surface area contributed by atoms with E-state index in [1.807, 2.05) is 19.1 Å². The Morgan fingerprint density at radius 3 is 2.52 bits per heavy atom. The van der Waals surface area contributed by atoms with Crippen LogP contribution >= 0.6 is 11.6 Å². The monoisotopic (exact) mass is 447 g/mol. The van der Waals surface area contributed by atoms with Crippen molar-refractivity contribution in [2.75, 3.05) is 13.1 Å². The summed E-state index contributed by atoms with van der Waals surface area (Å²) in [6.07, 6.45) is 0. The number of rotatable bonds is 8. The van der Waals surface area contributed by atoms with Crippen LogP contribution in [-0.4, -0.2) is 49.7 Å². The molecule has 2 heterocycles. The number of halogens is 1. The number of hydrogen-bond donors (Lipinski definition) is 2. The van der Waals surface area contributed by atoms with Crippen molar-refractivity contribution in [2.24, 2.45) is 0 Å². The largest absolute Gasteiger partial charge is 0.408 e. The Hall–Kier alpha value is -3.80. The molecule has 0 saturated heterocycles. The Kier molecular flexibility index (Phi) is 6.60. The number of aryl methyl sites for hydroxylation is 1. The van der Waals surface area contributed by atoms with Crippen LogP contribution in [-0.2, 0) is 6.54 Å². The van der Waals surface area contributed by atoms with Crippen LogP contribution in [0.3, 0.4) is 0 Å². The Bertz CT molecular complexity index is 1140. The second kappa shape index (κ2) is 9.34. The van der Waals surface area contributed by atoms with E-state index < -0.39 is 16.6 Å². The first-order valence-electron chi connectivity index (χ1n) is 9.09. The van der Waals surface area contributed by atoms with Crippen molar-refractivity contribution in [2.45, 2.75) is 20.4 Å². The standard InChI is InChI=1S/C18H18ClN7O5/c1-10-5-3-4-6-12(10)16(27)20-7-8-21-17(28)18-22-13(24-31-18)9-25-11(2)14(19)15(23-25)26(29)30/h3-6H,7-9H2,1-2H3,(H,20,27)(H,21,28). The van der Waals surface area contributed by atoms with E-state index in [0.717, 1.165) is 5.56 Å². The number of carbonyl (C=O) groups excluding carboxylic acids is 2. The molecule has 0 spiro atoms. The molecule has 162 valence electrons. The molecule has 0 aliphatic rings. The normalized spacial score (nSPS) is 10.7. The molecule has 1 aromatic carbocycles. The first-order chi connectivity index (χ1) is 14.8. The maximum atomic E-state index is 12.1. The Morgan fingerprint density at radius 2 is 1.87 bits per heavy atom. The fraction of sp³-hybridized carbons (Fsp3) is 0.278. The van der Waals surface area contributed by atoms with Gasteiger partial charge in [-0.25, -0.2) is 0 Å². The molecule has 31 heavy (non-hydrogen) atoms. The van der Waals surface area contributed by atoms with E-state index in [2.05, 4.69) is 25.9 Å². The lowest BCUT2D eigenvalue weighted by Crippen LogP contribution is -2.35. The summed E-state index contributed by atoms with van der Waals surface area (Å²) in [5, 5.41) is 23.6. The summed E-state index contributed by atoms with van der Waals surface area (Å²) < 4.78 is 6.16. The van der Waals surface area contributed by atoms with Gasteiger partial charge in [0, 0.05) is 18.7 Å². The molecule has 0 atom stereocenters. The van der Waals surface area contributed by atoms with E-state index >= 15 is 0 Å². The van der Waals surface area contributed by atoms with Crippen molar-refractivity contribution in [1.82, 2.24) is 30.6 Å². The smallest absolute Gasteiger partial charge is 0.358 e. The van der Waals surface area contributed by atoms with Gasteiger partial charge in [-0.15, -0.1) is 0 Å². The van der Waals surface area contributed by atoms with Crippen molar-refractivity contribution in [3.05, 3.63) is 67.9 Å². The van der Waals surface area contributed by atoms with Gasteiger partial charge in [0.2, 0.25) is 0 Å². The highest BCUT2D eigenvalue weighted by Gasteiger charge is 2.25. The summed E-state index contributed by atoms with van der Waals surface area (Å²) in [5.41, 5.74) is 1.76. The molecule has 3 rings (SSSR count). The molecule has 0 fully saturated rings. The van der Waals surface area contributed by atoms with Gasteiger partial charge in [-0.1, -0.05) is 35.0 Å². The Labute approximate surface area is 180 Å². The summed E-state index contributed by atoms with van der Waals surface area (Å²) in [6, 6.07) is 7.16. The zero-order chi connectivity index (χ0) is 22.5. The molecule has 13 heteroatoms. The molecule has 2 N–H and O–H groups in total. The summed E-state index contributed by atoms with van der Waals surface area (Å²) in [5.74, 6) is -1.53. The van der Waals surface area contributed by atoms with E-state index in [0.29, 0.717) is 11.3 Å². The third-order valence-corrected chi connectivity index (χ3v) is 4.77. The fourth-order valence-electron chi connectivity index (χ4n) is 2.67. The molecule has 2 amide bonds. The Morgan fingerprint density at radius 1 is 1.19 bits per heavy atom. The zero-order valence-corrected chi connectivity index (χ0v) is 17.3. The van der Waals surface area contributed by atoms with Gasteiger partial charge in [0.05, 0.1) is 10.8 Å². The SMILES string of the molecule is Cc1ccccc1C(=O)NCCNC(=O)c1nc(Cn2nc([N+](=O)[O-])c(Cl)c2C)no1. The lowest BCUT2D eigenvalue weighted by atomic mass is 10.1. The molecule has 0 unspecified atom stereocenters. The van der Waals surface area contributed by atoms with Crippen LogP contribution < -0.4 is 10.6 Å². The molecule has 0 aliphatic heterocycles. The van der Waals surface area contributed by atoms with Crippen molar-refractivity contribution in [3.63, 3.8) is 0 Å². The first-order valence-corrected chi connectivity index (χ1v) is 9.47. The van der Waals surface area contributed by atoms with Crippen LogP contribution in [0, 0.1) is 24.0 Å². The van der Waals surface area contributed by atoms with Gasteiger partial charge < -0.3 is 25.3 Å². The summed E-state index contributed by atoms with van der Waals surface area (Å²) in [7, 11) is 0. The Balaban J connectivity index is 1.51. The topological polar surface area (TPSA) is 158 Å². The molecular weight excluding hydrogens is 430 g/mol. The van der Waals surface area contributed by atoms with Gasteiger partial charge in [-0.2, -0.15) is 9.67 Å². The summed E-state index contributed by atoms with van der Waals surface area (Å²) in [6.45, 7) is 3.67. The zero-order valence-electron chi connectivity index (χ0n) is 16.6. The quantitative estimate of drug-likeness (QED) is 0.299. The predicted octanol–water partition coefficient (Wildman–Crippen LogP) is 1.65. The van der Waals surface area contributed by atoms with E-state index in [4.69, 9.17) is 16.1 Å². The van der Waals surface area contributed by atoms with Crippen LogP contribution in [0.25, 0.3) is 0 Å². The molecule has 12 nitrogen and oxygen atoms in total. The van der Waals surface area contributed by atoms with Gasteiger partial charge in [-0.3, -0.25) is 9.59 Å². The minimum atomic E-state index is -0.696. The number of hydrogen-bond acceptors (Lipinski definition) is 8. The molecular formula is C18H18ClN7O5. The maximum Gasteiger partial charge on any atom is 0.408 e. The number of amides is 2. The van der Waals surface area contributed by atoms with Gasteiger partial charge in [0.15, 0.2) is 10.8 Å². The van der Waals surface area contributed by atoms with Crippen LogP contribution in [0.5, 0.6) is 0 Å². The molecule has 2 aromatic heterocycles. The van der Waals surface area contributed by atoms with Gasteiger partial charge in [0.25, 0.3) is 5.91 Å². The fourth-order valence-corrected chi connectivity index (χ4v) is 2.88. The average Bonchev–Trinajstić information content (AvgIpc) is 3.31. The highest BCUT2D eigenvalue weighted by Crippen LogP contribution is 2.26. The summed E-state index contributed by atoms with van der Waals surface area (Å²) >= 11 is 5.89. The van der Waals surface area contributed by atoms with Crippen LogP contribution in [0.1, 0.15) is 38.1 Å². The number of carbonyl (C=O) groups is 2. The highest BCUT2D eigenvalue weighted by molar-refractivity contribution is 6.33. The molecule has 0 bridgehead atoms. The van der Waals surface area contributed by atoms with E-state index in [1.54, 1.807) is 19.1 Å².